The number of hydrogen-bond donors (Lipinski definition) is 0. The Hall–Kier alpha value is -3.80. The number of ether oxygens (including phenoxy) is 2. The topological polar surface area (TPSA) is 73.0 Å². The molecule has 5 rings (SSSR count). The molecule has 2 aromatic carbocycles. The third-order valence-corrected chi connectivity index (χ3v) is 6.57. The fourth-order valence-electron chi connectivity index (χ4n) is 3.80. The highest BCUT2D eigenvalue weighted by atomic mass is 32.1. The third-order valence-electron chi connectivity index (χ3n) is 5.27. The van der Waals surface area contributed by atoms with Gasteiger partial charge in [-0.3, -0.25) is 4.57 Å². The first kappa shape index (κ1) is 21.1. The molecule has 3 aromatic heterocycles. The minimum atomic E-state index is 0.333. The maximum absolute atomic E-state index is 10.0. The monoisotopic (exact) mass is 470 g/mol. The smallest absolute Gasteiger partial charge is 0.233 e. The van der Waals surface area contributed by atoms with Crippen molar-refractivity contribution in [3.8, 4) is 34.5 Å². The lowest BCUT2D eigenvalue weighted by atomic mass is 9.98. The number of thiophene rings is 1. The number of pyridine rings is 1. The van der Waals surface area contributed by atoms with Gasteiger partial charge in [0.25, 0.3) is 0 Å². The largest absolute Gasteiger partial charge is 0.497 e. The van der Waals surface area contributed by atoms with E-state index in [0.717, 1.165) is 43.0 Å². The van der Waals surface area contributed by atoms with E-state index < -0.39 is 0 Å². The maximum atomic E-state index is 10.0. The molecule has 0 aliphatic heterocycles. The van der Waals surface area contributed by atoms with Crippen LogP contribution < -0.4 is 9.47 Å². The molecule has 0 atom stereocenters. The Bertz CT molecular complexity index is 1580. The van der Waals surface area contributed by atoms with Crippen LogP contribution in [0, 0.1) is 16.1 Å². The summed E-state index contributed by atoms with van der Waals surface area (Å²) < 4.78 is 14.2. The first-order chi connectivity index (χ1) is 16.1. The second-order valence-corrected chi connectivity index (χ2v) is 8.56. The summed E-state index contributed by atoms with van der Waals surface area (Å²) in [7, 11) is 1.63. The molecule has 162 valence electrons. The van der Waals surface area contributed by atoms with E-state index in [-0.39, 0.29) is 0 Å². The second-order valence-electron chi connectivity index (χ2n) is 7.16. The van der Waals surface area contributed by atoms with Crippen LogP contribution in [-0.4, -0.2) is 28.3 Å². The van der Waals surface area contributed by atoms with E-state index in [2.05, 4.69) is 11.1 Å². The van der Waals surface area contributed by atoms with Gasteiger partial charge >= 0.3 is 0 Å². The Morgan fingerprint density at radius 3 is 2.52 bits per heavy atom. The zero-order valence-corrected chi connectivity index (χ0v) is 19.5. The number of nitriles is 1. The highest BCUT2D eigenvalue weighted by Gasteiger charge is 2.22. The van der Waals surface area contributed by atoms with Gasteiger partial charge in [-0.1, -0.05) is 30.3 Å². The van der Waals surface area contributed by atoms with Crippen molar-refractivity contribution in [1.29, 1.82) is 5.26 Å². The molecule has 0 bridgehead atoms. The molecule has 0 spiro atoms. The Morgan fingerprint density at radius 2 is 1.85 bits per heavy atom. The SMILES string of the molecule is CCOc1nc2sc3cn(-c4ccc(OC)cc4)c(=S)nc3c2c(-c2ccccc2)c1C#N. The number of benzene rings is 2. The first-order valence-corrected chi connectivity index (χ1v) is 11.5. The van der Waals surface area contributed by atoms with Crippen LogP contribution in [0.4, 0.5) is 0 Å². The van der Waals surface area contributed by atoms with E-state index in [1.165, 1.54) is 11.3 Å². The fourth-order valence-corrected chi connectivity index (χ4v) is 5.09. The molecule has 0 aliphatic rings. The van der Waals surface area contributed by atoms with Crippen LogP contribution in [0.3, 0.4) is 0 Å². The standard InChI is InChI=1S/C25H18N4O2S2/c1-3-31-23-18(13-26)20(15-7-5-4-6-8-15)21-22-19(33-24(21)28-23)14-29(25(32)27-22)16-9-11-17(30-2)12-10-16/h4-12,14H,3H2,1-2H3. The number of nitrogens with zero attached hydrogens (tertiary/aromatic N) is 4. The van der Waals surface area contributed by atoms with Crippen LogP contribution in [-0.2, 0) is 0 Å². The zero-order chi connectivity index (χ0) is 22.9. The van der Waals surface area contributed by atoms with Crippen LogP contribution in [0.25, 0.3) is 37.2 Å². The molecule has 0 amide bonds. The number of hydrogen-bond acceptors (Lipinski definition) is 7. The van der Waals surface area contributed by atoms with E-state index in [0.29, 0.717) is 22.8 Å². The van der Waals surface area contributed by atoms with Gasteiger partial charge in [0.1, 0.15) is 22.2 Å². The molecule has 0 unspecified atom stereocenters. The molecule has 0 saturated carbocycles. The van der Waals surface area contributed by atoms with Gasteiger partial charge in [-0.2, -0.15) is 5.26 Å². The van der Waals surface area contributed by atoms with Gasteiger partial charge in [-0.25, -0.2) is 9.97 Å². The second kappa shape index (κ2) is 8.62. The minimum Gasteiger partial charge on any atom is -0.497 e. The lowest BCUT2D eigenvalue weighted by molar-refractivity contribution is 0.327. The summed E-state index contributed by atoms with van der Waals surface area (Å²) in [5.74, 6) is 1.10. The van der Waals surface area contributed by atoms with Crippen LogP contribution >= 0.6 is 23.6 Å². The van der Waals surface area contributed by atoms with Crippen LogP contribution in [0.1, 0.15) is 12.5 Å². The Labute approximate surface area is 199 Å². The van der Waals surface area contributed by atoms with Crippen LogP contribution in [0.5, 0.6) is 11.6 Å². The minimum absolute atomic E-state index is 0.333. The van der Waals surface area contributed by atoms with Gasteiger partial charge in [-0.05, 0) is 49.0 Å². The number of rotatable bonds is 5. The Kier molecular flexibility index (Phi) is 5.50. The van der Waals surface area contributed by atoms with Gasteiger partial charge in [0, 0.05) is 22.8 Å². The summed E-state index contributed by atoms with van der Waals surface area (Å²) in [6.45, 7) is 2.29. The van der Waals surface area contributed by atoms with Crippen molar-refractivity contribution in [2.75, 3.05) is 13.7 Å². The summed E-state index contributed by atoms with van der Waals surface area (Å²) in [6, 6.07) is 19.7. The van der Waals surface area contributed by atoms with E-state index >= 15 is 0 Å². The van der Waals surface area contributed by atoms with Gasteiger partial charge in [0.15, 0.2) is 0 Å². The summed E-state index contributed by atoms with van der Waals surface area (Å²) >= 11 is 7.16. The van der Waals surface area contributed by atoms with Crippen molar-refractivity contribution in [3.63, 3.8) is 0 Å². The van der Waals surface area contributed by atoms with E-state index in [1.54, 1.807) is 7.11 Å². The molecule has 0 N–H and O–H groups in total. The summed E-state index contributed by atoms with van der Waals surface area (Å²) in [5, 5.41) is 10.8. The van der Waals surface area contributed by atoms with E-state index in [4.69, 9.17) is 26.7 Å². The Balaban J connectivity index is 1.84. The molecule has 0 radical (unpaired) electrons. The van der Waals surface area contributed by atoms with Crippen molar-refractivity contribution < 1.29 is 9.47 Å². The molecule has 0 aliphatic carbocycles. The lowest BCUT2D eigenvalue weighted by Crippen LogP contribution is -2.00. The summed E-state index contributed by atoms with van der Waals surface area (Å²) in [6.07, 6.45) is 1.97. The molecule has 8 heteroatoms. The van der Waals surface area contributed by atoms with Gasteiger partial charge in [-0.15, -0.1) is 11.3 Å². The third kappa shape index (κ3) is 3.61. The molecular formula is C25H18N4O2S2. The number of methoxy groups -OCH3 is 1. The molecule has 5 aromatic rings. The molecule has 0 saturated heterocycles. The molecule has 33 heavy (non-hydrogen) atoms. The van der Waals surface area contributed by atoms with Gasteiger partial charge < -0.3 is 9.47 Å². The highest BCUT2D eigenvalue weighted by molar-refractivity contribution is 7.71. The fraction of sp³-hybridized carbons (Fsp3) is 0.120. The van der Waals surface area contributed by atoms with Crippen molar-refractivity contribution >= 4 is 44.0 Å². The van der Waals surface area contributed by atoms with Crippen molar-refractivity contribution in [2.24, 2.45) is 0 Å². The number of fused-ring (bicyclic) bond motifs is 3. The summed E-state index contributed by atoms with van der Waals surface area (Å²) in [4.78, 5) is 10.2. The van der Waals surface area contributed by atoms with E-state index in [1.807, 2.05) is 72.3 Å². The average molecular weight is 471 g/mol. The molecule has 3 heterocycles. The van der Waals surface area contributed by atoms with Crippen LogP contribution in [0.2, 0.25) is 0 Å². The molecule has 6 nitrogen and oxygen atoms in total. The van der Waals surface area contributed by atoms with Crippen molar-refractivity contribution in [1.82, 2.24) is 14.5 Å². The normalized spacial score (nSPS) is 10.9. The van der Waals surface area contributed by atoms with Crippen LogP contribution in [0.15, 0.2) is 60.8 Å². The lowest BCUT2D eigenvalue weighted by Gasteiger charge is -2.11. The highest BCUT2D eigenvalue weighted by Crippen LogP contribution is 2.42. The van der Waals surface area contributed by atoms with Gasteiger partial charge in [0.2, 0.25) is 10.7 Å². The predicted octanol–water partition coefficient (Wildman–Crippen LogP) is 6.31. The molecular weight excluding hydrogens is 452 g/mol. The van der Waals surface area contributed by atoms with Crippen molar-refractivity contribution in [3.05, 3.63) is 71.1 Å². The number of aromatic nitrogens is 3. The maximum Gasteiger partial charge on any atom is 0.233 e. The average Bonchev–Trinajstić information content (AvgIpc) is 3.20. The predicted molar refractivity (Wildman–Crippen MR) is 133 cm³/mol. The van der Waals surface area contributed by atoms with E-state index in [9.17, 15) is 5.26 Å². The first-order valence-electron chi connectivity index (χ1n) is 10.3. The zero-order valence-electron chi connectivity index (χ0n) is 17.9. The Morgan fingerprint density at radius 1 is 1.09 bits per heavy atom. The molecule has 0 fully saturated rings. The summed E-state index contributed by atoms with van der Waals surface area (Å²) in [5.41, 5.74) is 3.69. The van der Waals surface area contributed by atoms with Gasteiger partial charge in [0.05, 0.1) is 23.9 Å². The quantitative estimate of drug-likeness (QED) is 0.280. The van der Waals surface area contributed by atoms with Crippen molar-refractivity contribution in [2.45, 2.75) is 6.92 Å².